The van der Waals surface area contributed by atoms with E-state index in [0.717, 1.165) is 19.3 Å². The lowest BCUT2D eigenvalue weighted by Gasteiger charge is -2.45. The van der Waals surface area contributed by atoms with Crippen LogP contribution in [0.5, 0.6) is 0 Å². The number of nitrogens with zero attached hydrogens (tertiary/aromatic N) is 2. The van der Waals surface area contributed by atoms with Crippen LogP contribution in [0.4, 0.5) is 0 Å². The summed E-state index contributed by atoms with van der Waals surface area (Å²) in [5.74, 6) is -0.0712. The van der Waals surface area contributed by atoms with Crippen LogP contribution in [-0.4, -0.2) is 71.0 Å². The van der Waals surface area contributed by atoms with Crippen LogP contribution in [0, 0.1) is 5.92 Å². The zero-order valence-electron chi connectivity index (χ0n) is 13.4. The second-order valence-electron chi connectivity index (χ2n) is 6.85. The Bertz CT molecular complexity index is 490. The number of rotatable bonds is 3. The molecule has 23 heavy (non-hydrogen) atoms. The summed E-state index contributed by atoms with van der Waals surface area (Å²) >= 11 is 0. The van der Waals surface area contributed by atoms with E-state index in [0.29, 0.717) is 19.0 Å². The van der Waals surface area contributed by atoms with Crippen molar-refractivity contribution in [2.24, 2.45) is 5.92 Å². The van der Waals surface area contributed by atoms with E-state index >= 15 is 0 Å². The summed E-state index contributed by atoms with van der Waals surface area (Å²) in [6, 6.07) is -1.03. The molecule has 0 bridgehead atoms. The Balaban J connectivity index is 1.64. The lowest BCUT2D eigenvalue weighted by atomic mass is 9.84. The normalized spacial score (nSPS) is 29.3. The smallest absolute Gasteiger partial charge is 0.248 e. The van der Waals surface area contributed by atoms with Crippen LogP contribution in [0.2, 0.25) is 0 Å². The number of fused-ring (bicyclic) bond motifs is 1. The lowest BCUT2D eigenvalue weighted by molar-refractivity contribution is -0.156. The molecular weight excluding hydrogens is 298 g/mol. The molecule has 7 heteroatoms. The SMILES string of the molecule is O=C1N[C@@H](CC2CCCCC2)C(=O)N2CCN(C(=O)CO)C[C@@H]12. The maximum absolute atomic E-state index is 12.7. The van der Waals surface area contributed by atoms with E-state index in [9.17, 15) is 14.4 Å². The topological polar surface area (TPSA) is 90.0 Å². The Morgan fingerprint density at radius 3 is 2.61 bits per heavy atom. The van der Waals surface area contributed by atoms with Crippen LogP contribution in [0.3, 0.4) is 0 Å². The second-order valence-corrected chi connectivity index (χ2v) is 6.85. The Labute approximate surface area is 136 Å². The Morgan fingerprint density at radius 1 is 1.17 bits per heavy atom. The van der Waals surface area contributed by atoms with Gasteiger partial charge in [-0.1, -0.05) is 32.1 Å². The van der Waals surface area contributed by atoms with Gasteiger partial charge in [0.15, 0.2) is 0 Å². The van der Waals surface area contributed by atoms with E-state index in [1.807, 2.05) is 0 Å². The Kier molecular flexibility index (Phi) is 4.84. The average Bonchev–Trinajstić information content (AvgIpc) is 2.59. The monoisotopic (exact) mass is 323 g/mol. The van der Waals surface area contributed by atoms with Crippen LogP contribution in [0.1, 0.15) is 38.5 Å². The lowest BCUT2D eigenvalue weighted by Crippen LogP contribution is -2.70. The van der Waals surface area contributed by atoms with Crippen molar-refractivity contribution in [2.75, 3.05) is 26.2 Å². The molecule has 1 aliphatic carbocycles. The molecule has 2 aliphatic heterocycles. The van der Waals surface area contributed by atoms with Gasteiger partial charge in [-0.2, -0.15) is 0 Å². The van der Waals surface area contributed by atoms with Crippen LogP contribution in [0.25, 0.3) is 0 Å². The molecule has 2 N–H and O–H groups in total. The molecule has 3 aliphatic rings. The predicted molar refractivity (Wildman–Crippen MR) is 82.3 cm³/mol. The summed E-state index contributed by atoms with van der Waals surface area (Å²) in [5, 5.41) is 11.8. The third-order valence-electron chi connectivity index (χ3n) is 5.36. The quantitative estimate of drug-likeness (QED) is 0.732. The molecule has 0 aromatic heterocycles. The van der Waals surface area contributed by atoms with Crippen molar-refractivity contribution in [2.45, 2.75) is 50.6 Å². The molecule has 2 atom stereocenters. The summed E-state index contributed by atoms with van der Waals surface area (Å²) in [6.07, 6.45) is 6.70. The Morgan fingerprint density at radius 2 is 1.91 bits per heavy atom. The maximum Gasteiger partial charge on any atom is 0.248 e. The number of aliphatic hydroxyl groups is 1. The largest absolute Gasteiger partial charge is 0.387 e. The number of aliphatic hydroxyl groups excluding tert-OH is 1. The molecule has 2 saturated heterocycles. The molecule has 0 unspecified atom stereocenters. The van der Waals surface area contributed by atoms with Crippen LogP contribution in [0.15, 0.2) is 0 Å². The number of piperazine rings is 2. The van der Waals surface area contributed by atoms with Crippen molar-refractivity contribution in [3.05, 3.63) is 0 Å². The molecule has 0 spiro atoms. The van der Waals surface area contributed by atoms with E-state index in [4.69, 9.17) is 5.11 Å². The molecule has 1 saturated carbocycles. The molecule has 3 rings (SSSR count). The van der Waals surface area contributed by atoms with Gasteiger partial charge in [-0.15, -0.1) is 0 Å². The fraction of sp³-hybridized carbons (Fsp3) is 0.812. The van der Waals surface area contributed by atoms with Crippen molar-refractivity contribution < 1.29 is 19.5 Å². The highest BCUT2D eigenvalue weighted by Gasteiger charge is 2.44. The molecule has 3 amide bonds. The Hall–Kier alpha value is -1.63. The van der Waals surface area contributed by atoms with Gasteiger partial charge >= 0.3 is 0 Å². The highest BCUT2D eigenvalue weighted by molar-refractivity contribution is 5.97. The summed E-state index contributed by atoms with van der Waals surface area (Å²) in [7, 11) is 0. The minimum Gasteiger partial charge on any atom is -0.387 e. The summed E-state index contributed by atoms with van der Waals surface area (Å²) < 4.78 is 0. The third-order valence-corrected chi connectivity index (χ3v) is 5.36. The van der Waals surface area contributed by atoms with Gasteiger partial charge in [-0.05, 0) is 12.3 Å². The first-order valence-electron chi connectivity index (χ1n) is 8.59. The molecule has 0 radical (unpaired) electrons. The summed E-state index contributed by atoms with van der Waals surface area (Å²) in [6.45, 7) is 0.356. The van der Waals surface area contributed by atoms with Gasteiger partial charge in [0.2, 0.25) is 17.7 Å². The van der Waals surface area contributed by atoms with Crippen LogP contribution >= 0.6 is 0 Å². The number of amides is 3. The van der Waals surface area contributed by atoms with Crippen molar-refractivity contribution in [3.63, 3.8) is 0 Å². The van der Waals surface area contributed by atoms with Gasteiger partial charge in [0.25, 0.3) is 0 Å². The van der Waals surface area contributed by atoms with Gasteiger partial charge < -0.3 is 20.2 Å². The zero-order valence-corrected chi connectivity index (χ0v) is 13.4. The van der Waals surface area contributed by atoms with E-state index < -0.39 is 24.6 Å². The van der Waals surface area contributed by atoms with E-state index in [2.05, 4.69) is 5.32 Å². The van der Waals surface area contributed by atoms with Crippen molar-refractivity contribution in [1.29, 1.82) is 0 Å². The van der Waals surface area contributed by atoms with Crippen LogP contribution in [-0.2, 0) is 14.4 Å². The standard InChI is InChI=1S/C16H25N3O4/c20-10-14(21)18-6-7-19-13(9-18)15(22)17-12(16(19)23)8-11-4-2-1-3-5-11/h11-13,20H,1-10H2,(H,17,22)/t12-,13-/m0/s1. The van der Waals surface area contributed by atoms with Gasteiger partial charge in [0.1, 0.15) is 18.7 Å². The fourth-order valence-electron chi connectivity index (χ4n) is 4.04. The van der Waals surface area contributed by atoms with Crippen molar-refractivity contribution >= 4 is 17.7 Å². The van der Waals surface area contributed by atoms with Gasteiger partial charge in [-0.3, -0.25) is 14.4 Å². The number of hydrogen-bond donors (Lipinski definition) is 2. The third kappa shape index (κ3) is 3.34. The van der Waals surface area contributed by atoms with Crippen LogP contribution < -0.4 is 5.32 Å². The van der Waals surface area contributed by atoms with E-state index in [-0.39, 0.29) is 18.4 Å². The first-order chi connectivity index (χ1) is 11.1. The highest BCUT2D eigenvalue weighted by atomic mass is 16.3. The summed E-state index contributed by atoms with van der Waals surface area (Å²) in [4.78, 5) is 39.7. The van der Waals surface area contributed by atoms with Crippen molar-refractivity contribution in [1.82, 2.24) is 15.1 Å². The number of nitrogens with one attached hydrogen (secondary N) is 1. The second kappa shape index (κ2) is 6.86. The minimum atomic E-state index is -0.616. The number of carbonyl (C=O) groups is 3. The summed E-state index contributed by atoms with van der Waals surface area (Å²) in [5.41, 5.74) is 0. The maximum atomic E-state index is 12.7. The molecular formula is C16H25N3O4. The van der Waals surface area contributed by atoms with E-state index in [1.165, 1.54) is 24.2 Å². The molecule has 0 aromatic carbocycles. The number of hydrogen-bond acceptors (Lipinski definition) is 4. The molecule has 128 valence electrons. The van der Waals surface area contributed by atoms with Gasteiger partial charge in [-0.25, -0.2) is 0 Å². The van der Waals surface area contributed by atoms with Gasteiger partial charge in [0.05, 0.1) is 6.54 Å². The molecule has 3 fully saturated rings. The van der Waals surface area contributed by atoms with Gasteiger partial charge in [0, 0.05) is 13.1 Å². The molecule has 2 heterocycles. The molecule has 7 nitrogen and oxygen atoms in total. The fourth-order valence-corrected chi connectivity index (χ4v) is 4.04. The minimum absolute atomic E-state index is 0.0173. The highest BCUT2D eigenvalue weighted by Crippen LogP contribution is 2.29. The average molecular weight is 323 g/mol. The first-order valence-corrected chi connectivity index (χ1v) is 8.59. The zero-order chi connectivity index (χ0) is 16.4. The van der Waals surface area contributed by atoms with Crippen molar-refractivity contribution in [3.8, 4) is 0 Å². The first kappa shape index (κ1) is 16.2. The number of carbonyl (C=O) groups excluding carboxylic acids is 3. The predicted octanol–water partition coefficient (Wildman–Crippen LogP) is -0.513. The van der Waals surface area contributed by atoms with E-state index in [1.54, 1.807) is 4.90 Å². The molecule has 0 aromatic rings.